The molecule has 1 aromatic heterocycles. The molecule has 0 unspecified atom stereocenters. The van der Waals surface area contributed by atoms with Crippen molar-refractivity contribution in [2.45, 2.75) is 6.54 Å². The van der Waals surface area contributed by atoms with E-state index >= 15 is 0 Å². The van der Waals surface area contributed by atoms with E-state index in [1.165, 1.54) is 0 Å². The third kappa shape index (κ3) is 5.42. The van der Waals surface area contributed by atoms with Crippen LogP contribution in [0.1, 0.15) is 10.4 Å². The second kappa shape index (κ2) is 6.98. The van der Waals surface area contributed by atoms with E-state index in [1.807, 2.05) is 14.1 Å². The summed E-state index contributed by atoms with van der Waals surface area (Å²) in [5.41, 5.74) is 5.66. The third-order valence-electron chi connectivity index (χ3n) is 1.98. The number of aromatic nitrogens is 1. The van der Waals surface area contributed by atoms with Crippen molar-refractivity contribution in [3.8, 4) is 0 Å². The monoisotopic (exact) mass is 257 g/mol. The van der Waals surface area contributed by atoms with Crippen molar-refractivity contribution in [3.05, 3.63) is 30.1 Å². The van der Waals surface area contributed by atoms with Crippen LogP contribution in [-0.2, 0) is 11.3 Å². The Labute approximate surface area is 107 Å². The van der Waals surface area contributed by atoms with E-state index < -0.39 is 5.91 Å². The minimum absolute atomic E-state index is 0. The van der Waals surface area contributed by atoms with Crippen molar-refractivity contribution in [1.82, 2.24) is 4.90 Å². The highest BCUT2D eigenvalue weighted by molar-refractivity contribution is 5.97. The number of pyridine rings is 1. The number of rotatable bonds is 5. The van der Waals surface area contributed by atoms with Gasteiger partial charge in [0.15, 0.2) is 18.2 Å². The summed E-state index contributed by atoms with van der Waals surface area (Å²) in [7, 11) is 3.66. The highest BCUT2D eigenvalue weighted by Gasteiger charge is 2.12. The summed E-state index contributed by atoms with van der Waals surface area (Å²) < 4.78 is 1.60. The van der Waals surface area contributed by atoms with Crippen molar-refractivity contribution in [2.24, 2.45) is 5.73 Å². The van der Waals surface area contributed by atoms with Crippen LogP contribution in [0, 0.1) is 0 Å². The van der Waals surface area contributed by atoms with Gasteiger partial charge in [0.05, 0.1) is 12.1 Å². The number of hydrogen-bond acceptors (Lipinski definition) is 3. The molecule has 5 nitrogen and oxygen atoms in total. The SMILES string of the molecule is CN(C)CC(=O)c1ccc[n+](CC(N)=O)c1.[Cl-]. The van der Waals surface area contributed by atoms with E-state index in [0.717, 1.165) is 0 Å². The lowest BCUT2D eigenvalue weighted by molar-refractivity contribution is -0.684. The lowest BCUT2D eigenvalue weighted by Crippen LogP contribution is -3.00. The van der Waals surface area contributed by atoms with Crippen molar-refractivity contribution < 1.29 is 26.6 Å². The van der Waals surface area contributed by atoms with Crippen LogP contribution in [0.15, 0.2) is 24.5 Å². The number of likely N-dealkylation sites (N-methyl/N-ethyl adjacent to an activating group) is 1. The molecule has 1 heterocycles. The highest BCUT2D eigenvalue weighted by Crippen LogP contribution is 1.97. The summed E-state index contributed by atoms with van der Waals surface area (Å²) in [6, 6.07) is 3.45. The van der Waals surface area contributed by atoms with Gasteiger partial charge < -0.3 is 23.0 Å². The molecule has 1 aromatic rings. The first-order chi connectivity index (χ1) is 7.49. The number of Topliss-reactive ketones (excluding diaryl/α,β-unsaturated/α-hetero) is 1. The molecule has 0 spiro atoms. The quantitative estimate of drug-likeness (QED) is 0.435. The first-order valence-corrected chi connectivity index (χ1v) is 4.94. The molecule has 2 N–H and O–H groups in total. The Morgan fingerprint density at radius 3 is 2.59 bits per heavy atom. The van der Waals surface area contributed by atoms with Crippen molar-refractivity contribution in [1.29, 1.82) is 0 Å². The summed E-state index contributed by atoms with van der Waals surface area (Å²) in [6.45, 7) is 0.434. The number of hydrogen-bond donors (Lipinski definition) is 1. The zero-order valence-electron chi connectivity index (χ0n) is 9.89. The van der Waals surface area contributed by atoms with Gasteiger partial charge in [-0.3, -0.25) is 9.59 Å². The van der Waals surface area contributed by atoms with Crippen LogP contribution in [0.2, 0.25) is 0 Å². The zero-order valence-corrected chi connectivity index (χ0v) is 10.6. The smallest absolute Gasteiger partial charge is 0.283 e. The normalized spacial score (nSPS) is 9.82. The van der Waals surface area contributed by atoms with Gasteiger partial charge in [-0.15, -0.1) is 0 Å². The maximum atomic E-state index is 11.7. The number of carbonyl (C=O) groups is 2. The summed E-state index contributed by atoms with van der Waals surface area (Å²) in [5.74, 6) is -0.411. The Kier molecular flexibility index (Phi) is 6.38. The molecule has 17 heavy (non-hydrogen) atoms. The number of amides is 1. The summed E-state index contributed by atoms with van der Waals surface area (Å²) >= 11 is 0. The molecular weight excluding hydrogens is 242 g/mol. The number of halogens is 1. The predicted molar refractivity (Wildman–Crippen MR) is 58.7 cm³/mol. The van der Waals surface area contributed by atoms with Gasteiger partial charge in [-0.05, 0) is 20.2 Å². The van der Waals surface area contributed by atoms with E-state index in [2.05, 4.69) is 0 Å². The second-order valence-electron chi connectivity index (χ2n) is 3.89. The number of nitrogens with zero attached hydrogens (tertiary/aromatic N) is 2. The minimum Gasteiger partial charge on any atom is -1.00 e. The van der Waals surface area contributed by atoms with Gasteiger partial charge in [0.25, 0.3) is 5.91 Å². The lowest BCUT2D eigenvalue weighted by atomic mass is 10.2. The molecule has 0 aromatic carbocycles. The van der Waals surface area contributed by atoms with Gasteiger partial charge >= 0.3 is 0 Å². The van der Waals surface area contributed by atoms with Crippen molar-refractivity contribution in [2.75, 3.05) is 20.6 Å². The molecular formula is C11H16ClN3O2. The Morgan fingerprint density at radius 2 is 2.06 bits per heavy atom. The van der Waals surface area contributed by atoms with Crippen LogP contribution in [0.25, 0.3) is 0 Å². The Morgan fingerprint density at radius 1 is 1.41 bits per heavy atom. The van der Waals surface area contributed by atoms with Gasteiger partial charge in [0.2, 0.25) is 6.54 Å². The van der Waals surface area contributed by atoms with Gasteiger partial charge in [0, 0.05) is 6.07 Å². The van der Waals surface area contributed by atoms with Crippen LogP contribution < -0.4 is 22.7 Å². The molecule has 94 valence electrons. The summed E-state index contributed by atoms with van der Waals surface area (Å²) in [5, 5.41) is 0. The Hall–Kier alpha value is -1.46. The van der Waals surface area contributed by atoms with Crippen LogP contribution in [0.5, 0.6) is 0 Å². The number of nitrogens with two attached hydrogens (primary N) is 1. The summed E-state index contributed by atoms with van der Waals surface area (Å²) in [6.07, 6.45) is 3.34. The molecule has 0 saturated heterocycles. The molecule has 0 aliphatic rings. The van der Waals surface area contributed by atoms with Crippen LogP contribution in [0.3, 0.4) is 0 Å². The van der Waals surface area contributed by atoms with Crippen molar-refractivity contribution >= 4 is 11.7 Å². The molecule has 0 saturated carbocycles. The molecule has 1 amide bonds. The van der Waals surface area contributed by atoms with E-state index in [-0.39, 0.29) is 24.7 Å². The molecule has 0 aliphatic carbocycles. The van der Waals surface area contributed by atoms with Gasteiger partial charge in [-0.25, -0.2) is 0 Å². The number of carbonyl (C=O) groups excluding carboxylic acids is 2. The largest absolute Gasteiger partial charge is 1.00 e. The standard InChI is InChI=1S/C11H15N3O2.ClH/c1-13(2)7-10(15)9-4-3-5-14(6-9)8-11(12)16;/h3-6H,7-8H2,1-2H3,(H-,12,16);1H. The minimum atomic E-state index is -0.429. The Bertz CT molecular complexity index is 407. The van der Waals surface area contributed by atoms with E-state index in [0.29, 0.717) is 12.1 Å². The maximum absolute atomic E-state index is 11.7. The molecule has 0 bridgehead atoms. The molecule has 0 atom stereocenters. The number of primary amides is 1. The number of ketones is 1. The van der Waals surface area contributed by atoms with Gasteiger partial charge in [-0.2, -0.15) is 4.57 Å². The molecule has 6 heteroatoms. The molecule has 0 radical (unpaired) electrons. The van der Waals surface area contributed by atoms with Crippen molar-refractivity contribution in [3.63, 3.8) is 0 Å². The van der Waals surface area contributed by atoms with Crippen LogP contribution in [-0.4, -0.2) is 37.2 Å². The van der Waals surface area contributed by atoms with E-state index in [1.54, 1.807) is 34.0 Å². The summed E-state index contributed by atoms with van der Waals surface area (Å²) in [4.78, 5) is 24.3. The topological polar surface area (TPSA) is 67.3 Å². The van der Waals surface area contributed by atoms with E-state index in [9.17, 15) is 9.59 Å². The first-order valence-electron chi connectivity index (χ1n) is 4.94. The Balaban J connectivity index is 0.00000256. The average Bonchev–Trinajstić information content (AvgIpc) is 2.16. The van der Waals surface area contributed by atoms with E-state index in [4.69, 9.17) is 5.73 Å². The molecule has 0 fully saturated rings. The molecule has 1 rings (SSSR count). The van der Waals surface area contributed by atoms with Gasteiger partial charge in [-0.1, -0.05) is 0 Å². The second-order valence-corrected chi connectivity index (χ2v) is 3.89. The third-order valence-corrected chi connectivity index (χ3v) is 1.98. The maximum Gasteiger partial charge on any atom is 0.283 e. The predicted octanol–water partition coefficient (Wildman–Crippen LogP) is -3.79. The van der Waals surface area contributed by atoms with Gasteiger partial charge in [0.1, 0.15) is 0 Å². The highest BCUT2D eigenvalue weighted by atomic mass is 35.5. The molecule has 0 aliphatic heterocycles. The first kappa shape index (κ1) is 15.5. The fraction of sp³-hybridized carbons (Fsp3) is 0.364. The zero-order chi connectivity index (χ0) is 12.1. The van der Waals surface area contributed by atoms with Crippen LogP contribution >= 0.6 is 0 Å². The lowest BCUT2D eigenvalue weighted by Gasteiger charge is -2.07. The average molecular weight is 258 g/mol. The fourth-order valence-electron chi connectivity index (χ4n) is 1.34. The van der Waals surface area contributed by atoms with Crippen LogP contribution in [0.4, 0.5) is 0 Å². The fourth-order valence-corrected chi connectivity index (χ4v) is 1.34.